The first kappa shape index (κ1) is 29.0. The summed E-state index contributed by atoms with van der Waals surface area (Å²) in [7, 11) is 1.64. The van der Waals surface area contributed by atoms with Crippen LogP contribution in [0.15, 0.2) is 115 Å². The van der Waals surface area contributed by atoms with Gasteiger partial charge in [0.1, 0.15) is 24.1 Å². The summed E-state index contributed by atoms with van der Waals surface area (Å²) < 4.78 is 30.9. The third-order valence-corrected chi connectivity index (χ3v) is 7.37. The third-order valence-electron chi connectivity index (χ3n) is 7.37. The molecule has 0 spiro atoms. The monoisotopic (exact) mass is 554 g/mol. The van der Waals surface area contributed by atoms with Gasteiger partial charge in [0.05, 0.1) is 45.7 Å². The SMILES string of the molecule is COc1ccc(COC2[C@H](O)C(OCc3ccccc3)[C@@H](OCc3ccccc3)C[C@H]2OCc2ccccc2)cc1. The van der Waals surface area contributed by atoms with E-state index in [9.17, 15) is 5.11 Å². The average Bonchev–Trinajstić information content (AvgIpc) is 3.03. The van der Waals surface area contributed by atoms with Gasteiger partial charge in [-0.2, -0.15) is 0 Å². The Morgan fingerprint density at radius 1 is 0.512 bits per heavy atom. The molecule has 6 nitrogen and oxygen atoms in total. The summed E-state index contributed by atoms with van der Waals surface area (Å²) in [4.78, 5) is 0. The van der Waals surface area contributed by atoms with E-state index in [4.69, 9.17) is 23.7 Å². The van der Waals surface area contributed by atoms with Crippen LogP contribution in [0.4, 0.5) is 0 Å². The van der Waals surface area contributed by atoms with Crippen LogP contribution in [0.1, 0.15) is 28.7 Å². The van der Waals surface area contributed by atoms with Crippen molar-refractivity contribution in [1.82, 2.24) is 0 Å². The highest BCUT2D eigenvalue weighted by Gasteiger charge is 2.47. The minimum absolute atomic E-state index is 0.317. The molecule has 2 unspecified atom stereocenters. The maximum Gasteiger partial charge on any atom is 0.118 e. The molecule has 1 fully saturated rings. The second-order valence-corrected chi connectivity index (χ2v) is 10.3. The van der Waals surface area contributed by atoms with Crippen molar-refractivity contribution >= 4 is 0 Å². The molecule has 4 aromatic rings. The standard InChI is InChI=1S/C35H38O6/c1-37-30-19-17-29(18-20-30)25-41-35-32(39-23-27-13-7-3-8-14-27)21-31(38-22-26-11-5-2-6-12-26)34(33(35)36)40-24-28-15-9-4-10-16-28/h2-20,31-36H,21-25H2,1H3/t31-,32+,33+,34?,35?/m0/s1. The number of aliphatic hydroxyl groups excluding tert-OH is 1. The number of hydrogen-bond acceptors (Lipinski definition) is 6. The molecule has 1 aliphatic rings. The second-order valence-electron chi connectivity index (χ2n) is 10.3. The zero-order chi connectivity index (χ0) is 28.3. The molecule has 0 aromatic heterocycles. The maximum absolute atomic E-state index is 11.8. The van der Waals surface area contributed by atoms with Gasteiger partial charge in [-0.1, -0.05) is 103 Å². The van der Waals surface area contributed by atoms with E-state index in [1.165, 1.54) is 0 Å². The molecule has 0 heterocycles. The molecule has 1 saturated carbocycles. The van der Waals surface area contributed by atoms with Crippen LogP contribution in [-0.2, 0) is 45.4 Å². The zero-order valence-corrected chi connectivity index (χ0v) is 23.4. The van der Waals surface area contributed by atoms with Crippen LogP contribution in [0.3, 0.4) is 0 Å². The average molecular weight is 555 g/mol. The molecular weight excluding hydrogens is 516 g/mol. The molecule has 41 heavy (non-hydrogen) atoms. The first-order chi connectivity index (χ1) is 20.2. The van der Waals surface area contributed by atoms with Crippen molar-refractivity contribution in [2.45, 2.75) is 63.4 Å². The normalized spacial score (nSPS) is 22.3. The van der Waals surface area contributed by atoms with Gasteiger partial charge in [0.25, 0.3) is 0 Å². The number of aliphatic hydroxyl groups is 1. The van der Waals surface area contributed by atoms with E-state index < -0.39 is 30.5 Å². The predicted octanol–water partition coefficient (Wildman–Crippen LogP) is 6.10. The van der Waals surface area contributed by atoms with Crippen molar-refractivity contribution in [3.05, 3.63) is 138 Å². The van der Waals surface area contributed by atoms with Crippen molar-refractivity contribution in [3.8, 4) is 5.75 Å². The van der Waals surface area contributed by atoms with Gasteiger partial charge in [0.15, 0.2) is 0 Å². The third kappa shape index (κ3) is 8.26. The lowest BCUT2D eigenvalue weighted by molar-refractivity contribution is -0.235. The summed E-state index contributed by atoms with van der Waals surface area (Å²) in [5, 5.41) is 11.8. The summed E-state index contributed by atoms with van der Waals surface area (Å²) in [6, 6.07) is 37.7. The van der Waals surface area contributed by atoms with Crippen LogP contribution in [0.2, 0.25) is 0 Å². The fourth-order valence-corrected chi connectivity index (χ4v) is 5.10. The van der Waals surface area contributed by atoms with Gasteiger partial charge in [-0.3, -0.25) is 0 Å². The minimum Gasteiger partial charge on any atom is -0.497 e. The molecule has 0 saturated heterocycles. The van der Waals surface area contributed by atoms with Crippen molar-refractivity contribution in [2.24, 2.45) is 0 Å². The molecule has 0 aliphatic heterocycles. The molecule has 0 bridgehead atoms. The number of rotatable bonds is 13. The largest absolute Gasteiger partial charge is 0.497 e. The summed E-state index contributed by atoms with van der Waals surface area (Å²) in [5.41, 5.74) is 4.12. The smallest absolute Gasteiger partial charge is 0.118 e. The Bertz CT molecular complexity index is 1280. The molecule has 214 valence electrons. The Morgan fingerprint density at radius 2 is 0.878 bits per heavy atom. The fourth-order valence-electron chi connectivity index (χ4n) is 5.10. The highest BCUT2D eigenvalue weighted by molar-refractivity contribution is 5.26. The van der Waals surface area contributed by atoms with Gasteiger partial charge in [0.2, 0.25) is 0 Å². The highest BCUT2D eigenvalue weighted by Crippen LogP contribution is 2.32. The minimum atomic E-state index is -0.966. The predicted molar refractivity (Wildman–Crippen MR) is 157 cm³/mol. The molecular formula is C35H38O6. The van der Waals surface area contributed by atoms with E-state index in [-0.39, 0.29) is 0 Å². The Hall–Kier alpha value is -3.52. The number of hydrogen-bond donors (Lipinski definition) is 1. The van der Waals surface area contributed by atoms with Gasteiger partial charge in [0, 0.05) is 6.42 Å². The number of methoxy groups -OCH3 is 1. The lowest BCUT2D eigenvalue weighted by Crippen LogP contribution is -2.59. The van der Waals surface area contributed by atoms with Crippen LogP contribution < -0.4 is 4.74 Å². The number of ether oxygens (including phenoxy) is 5. The molecule has 0 amide bonds. The fraction of sp³-hybridized carbons (Fsp3) is 0.314. The summed E-state index contributed by atoms with van der Waals surface area (Å²) in [6.45, 7) is 1.49. The van der Waals surface area contributed by atoms with Crippen molar-refractivity contribution in [3.63, 3.8) is 0 Å². The summed E-state index contributed by atoms with van der Waals surface area (Å²) in [5.74, 6) is 0.781. The lowest BCUT2D eigenvalue weighted by atomic mass is 9.86. The van der Waals surface area contributed by atoms with E-state index in [1.807, 2.05) is 115 Å². The Labute approximate surface area is 242 Å². The molecule has 1 N–H and O–H groups in total. The van der Waals surface area contributed by atoms with Crippen LogP contribution >= 0.6 is 0 Å². The van der Waals surface area contributed by atoms with E-state index >= 15 is 0 Å². The summed E-state index contributed by atoms with van der Waals surface area (Å²) in [6.07, 6.45) is -2.46. The van der Waals surface area contributed by atoms with E-state index in [1.54, 1.807) is 7.11 Å². The van der Waals surface area contributed by atoms with Crippen molar-refractivity contribution < 1.29 is 28.8 Å². The summed E-state index contributed by atoms with van der Waals surface area (Å²) >= 11 is 0. The van der Waals surface area contributed by atoms with Gasteiger partial charge >= 0.3 is 0 Å². The zero-order valence-electron chi connectivity index (χ0n) is 23.4. The van der Waals surface area contributed by atoms with Crippen LogP contribution in [0.25, 0.3) is 0 Å². The van der Waals surface area contributed by atoms with Crippen LogP contribution in [-0.4, -0.2) is 42.7 Å². The highest BCUT2D eigenvalue weighted by atomic mass is 16.6. The number of benzene rings is 4. The van der Waals surface area contributed by atoms with E-state index in [2.05, 4.69) is 0 Å². The Kier molecular flexibility index (Phi) is 10.5. The van der Waals surface area contributed by atoms with Crippen LogP contribution in [0.5, 0.6) is 5.75 Å². The van der Waals surface area contributed by atoms with E-state index in [0.717, 1.165) is 28.0 Å². The van der Waals surface area contributed by atoms with Gasteiger partial charge in [-0.25, -0.2) is 0 Å². The second kappa shape index (κ2) is 14.9. The molecule has 6 heteroatoms. The van der Waals surface area contributed by atoms with Crippen LogP contribution in [0, 0.1) is 0 Å². The van der Waals surface area contributed by atoms with Gasteiger partial charge in [-0.05, 0) is 34.4 Å². The molecule has 4 aromatic carbocycles. The molecule has 5 rings (SSSR count). The van der Waals surface area contributed by atoms with E-state index in [0.29, 0.717) is 32.8 Å². The first-order valence-corrected chi connectivity index (χ1v) is 14.1. The first-order valence-electron chi connectivity index (χ1n) is 14.1. The van der Waals surface area contributed by atoms with Gasteiger partial charge < -0.3 is 28.8 Å². The van der Waals surface area contributed by atoms with Gasteiger partial charge in [-0.15, -0.1) is 0 Å². The molecule has 5 atom stereocenters. The topological polar surface area (TPSA) is 66.4 Å². The Morgan fingerprint density at radius 3 is 1.27 bits per heavy atom. The Balaban J connectivity index is 1.35. The van der Waals surface area contributed by atoms with Crippen molar-refractivity contribution in [2.75, 3.05) is 7.11 Å². The molecule has 1 aliphatic carbocycles. The van der Waals surface area contributed by atoms with Crippen molar-refractivity contribution in [1.29, 1.82) is 0 Å². The molecule has 0 radical (unpaired) electrons. The quantitative estimate of drug-likeness (QED) is 0.215. The lowest BCUT2D eigenvalue weighted by Gasteiger charge is -2.44. The maximum atomic E-state index is 11.8.